The monoisotopic (exact) mass is 200 g/mol. The molecule has 3 nitrogen and oxygen atoms in total. The zero-order chi connectivity index (χ0) is 10.8. The van der Waals surface area contributed by atoms with Gasteiger partial charge in [-0.3, -0.25) is 4.79 Å². The van der Waals surface area contributed by atoms with Crippen molar-refractivity contribution >= 4 is 5.91 Å². The van der Waals surface area contributed by atoms with Crippen LogP contribution >= 0.6 is 0 Å². The van der Waals surface area contributed by atoms with E-state index in [1.807, 2.05) is 0 Å². The highest BCUT2D eigenvalue weighted by molar-refractivity contribution is 5.75. The maximum Gasteiger partial charge on any atom is 0.219 e. The smallest absolute Gasteiger partial charge is 0.219 e. The number of amides is 1. The molecule has 0 aromatic carbocycles. The summed E-state index contributed by atoms with van der Waals surface area (Å²) >= 11 is 0. The highest BCUT2D eigenvalue weighted by Crippen LogP contribution is 1.94. The SMILES string of the molecule is CCCCC(=O)NCCCCN(C)C. The molecule has 1 N–H and O–H groups in total. The molecule has 0 aliphatic carbocycles. The summed E-state index contributed by atoms with van der Waals surface area (Å²) in [7, 11) is 4.14. The highest BCUT2D eigenvalue weighted by Gasteiger charge is 1.98. The summed E-state index contributed by atoms with van der Waals surface area (Å²) in [6.07, 6.45) is 5.01. The first-order chi connectivity index (χ1) is 6.66. The summed E-state index contributed by atoms with van der Waals surface area (Å²) in [5, 5.41) is 2.93. The lowest BCUT2D eigenvalue weighted by Crippen LogP contribution is -2.24. The lowest BCUT2D eigenvalue weighted by Gasteiger charge is -2.09. The Morgan fingerprint density at radius 2 is 1.93 bits per heavy atom. The van der Waals surface area contributed by atoms with E-state index in [-0.39, 0.29) is 5.91 Å². The Balaban J connectivity index is 3.15. The molecule has 84 valence electrons. The molecule has 0 heterocycles. The van der Waals surface area contributed by atoms with Gasteiger partial charge in [-0.25, -0.2) is 0 Å². The summed E-state index contributed by atoms with van der Waals surface area (Å²) in [6.45, 7) is 4.03. The molecule has 3 heteroatoms. The molecule has 0 aliphatic rings. The Morgan fingerprint density at radius 1 is 1.21 bits per heavy atom. The van der Waals surface area contributed by atoms with Crippen molar-refractivity contribution in [2.24, 2.45) is 0 Å². The molecule has 0 rings (SSSR count). The number of carbonyl (C=O) groups excluding carboxylic acids is 1. The predicted molar refractivity (Wildman–Crippen MR) is 60.3 cm³/mol. The maximum absolute atomic E-state index is 11.2. The first-order valence-corrected chi connectivity index (χ1v) is 5.58. The second-order valence-corrected chi connectivity index (χ2v) is 3.96. The number of nitrogens with one attached hydrogen (secondary N) is 1. The molecule has 0 bridgehead atoms. The number of nitrogens with zero attached hydrogens (tertiary/aromatic N) is 1. The summed E-state index contributed by atoms with van der Waals surface area (Å²) in [4.78, 5) is 13.3. The molecule has 0 saturated heterocycles. The standard InChI is InChI=1S/C11H24N2O/c1-4-5-8-11(14)12-9-6-7-10-13(2)3/h4-10H2,1-3H3,(H,12,14). The van der Waals surface area contributed by atoms with Crippen molar-refractivity contribution < 1.29 is 4.79 Å². The van der Waals surface area contributed by atoms with Gasteiger partial charge < -0.3 is 10.2 Å². The van der Waals surface area contributed by atoms with Crippen molar-refractivity contribution in [3.05, 3.63) is 0 Å². The van der Waals surface area contributed by atoms with Gasteiger partial charge in [0.05, 0.1) is 0 Å². The Morgan fingerprint density at radius 3 is 2.50 bits per heavy atom. The van der Waals surface area contributed by atoms with Gasteiger partial charge in [-0.1, -0.05) is 13.3 Å². The molecule has 0 atom stereocenters. The minimum absolute atomic E-state index is 0.205. The summed E-state index contributed by atoms with van der Waals surface area (Å²) in [5.74, 6) is 0.205. The number of carbonyl (C=O) groups is 1. The van der Waals surface area contributed by atoms with Gasteiger partial charge >= 0.3 is 0 Å². The van der Waals surface area contributed by atoms with Crippen LogP contribution in [-0.4, -0.2) is 38.0 Å². The van der Waals surface area contributed by atoms with E-state index in [1.54, 1.807) is 0 Å². The number of rotatable bonds is 8. The molecule has 0 unspecified atom stereocenters. The first kappa shape index (κ1) is 13.4. The average molecular weight is 200 g/mol. The van der Waals surface area contributed by atoms with Crippen LogP contribution in [0.15, 0.2) is 0 Å². The lowest BCUT2D eigenvalue weighted by molar-refractivity contribution is -0.121. The Kier molecular flexibility index (Phi) is 8.64. The van der Waals surface area contributed by atoms with E-state index in [4.69, 9.17) is 0 Å². The third-order valence-electron chi connectivity index (χ3n) is 2.11. The average Bonchev–Trinajstić information content (AvgIpc) is 2.13. The minimum Gasteiger partial charge on any atom is -0.356 e. The third kappa shape index (κ3) is 9.52. The molecule has 0 radical (unpaired) electrons. The molecule has 1 amide bonds. The van der Waals surface area contributed by atoms with Gasteiger partial charge in [0.25, 0.3) is 0 Å². The van der Waals surface area contributed by atoms with Gasteiger partial charge in [-0.2, -0.15) is 0 Å². The van der Waals surface area contributed by atoms with Crippen molar-refractivity contribution in [2.75, 3.05) is 27.2 Å². The topological polar surface area (TPSA) is 32.3 Å². The number of unbranched alkanes of at least 4 members (excludes halogenated alkanes) is 2. The van der Waals surface area contributed by atoms with Crippen molar-refractivity contribution in [1.29, 1.82) is 0 Å². The molecule has 14 heavy (non-hydrogen) atoms. The summed E-state index contributed by atoms with van der Waals surface area (Å²) < 4.78 is 0. The van der Waals surface area contributed by atoms with Crippen LogP contribution in [-0.2, 0) is 4.79 Å². The van der Waals surface area contributed by atoms with Crippen molar-refractivity contribution in [3.63, 3.8) is 0 Å². The van der Waals surface area contributed by atoms with Crippen molar-refractivity contribution in [1.82, 2.24) is 10.2 Å². The van der Waals surface area contributed by atoms with Crippen LogP contribution in [0.3, 0.4) is 0 Å². The number of hydrogen-bond donors (Lipinski definition) is 1. The fourth-order valence-electron chi connectivity index (χ4n) is 1.21. The second kappa shape index (κ2) is 9.00. The zero-order valence-corrected chi connectivity index (χ0v) is 9.81. The van der Waals surface area contributed by atoms with E-state index < -0.39 is 0 Å². The molecule has 0 fully saturated rings. The Hall–Kier alpha value is -0.570. The van der Waals surface area contributed by atoms with Gasteiger partial charge in [-0.05, 0) is 39.9 Å². The fourth-order valence-corrected chi connectivity index (χ4v) is 1.21. The highest BCUT2D eigenvalue weighted by atomic mass is 16.1. The normalized spacial score (nSPS) is 10.6. The van der Waals surface area contributed by atoms with Gasteiger partial charge in [0, 0.05) is 13.0 Å². The van der Waals surface area contributed by atoms with Gasteiger partial charge in [0.15, 0.2) is 0 Å². The Labute approximate surface area is 87.9 Å². The van der Waals surface area contributed by atoms with Crippen LogP contribution in [0.2, 0.25) is 0 Å². The van der Waals surface area contributed by atoms with Crippen molar-refractivity contribution in [2.45, 2.75) is 39.0 Å². The summed E-state index contributed by atoms with van der Waals surface area (Å²) in [6, 6.07) is 0. The van der Waals surface area contributed by atoms with Gasteiger partial charge in [-0.15, -0.1) is 0 Å². The van der Waals surface area contributed by atoms with E-state index in [0.29, 0.717) is 6.42 Å². The second-order valence-electron chi connectivity index (χ2n) is 3.96. The van der Waals surface area contributed by atoms with Crippen LogP contribution in [0.4, 0.5) is 0 Å². The van der Waals surface area contributed by atoms with Crippen LogP contribution < -0.4 is 5.32 Å². The Bertz CT molecular complexity index is 146. The summed E-state index contributed by atoms with van der Waals surface area (Å²) in [5.41, 5.74) is 0. The maximum atomic E-state index is 11.2. The van der Waals surface area contributed by atoms with E-state index in [9.17, 15) is 4.79 Å². The molecule has 0 saturated carbocycles. The molecule has 0 aliphatic heterocycles. The minimum atomic E-state index is 0.205. The fraction of sp³-hybridized carbons (Fsp3) is 0.909. The van der Waals surface area contributed by atoms with Crippen LogP contribution in [0.25, 0.3) is 0 Å². The quantitative estimate of drug-likeness (QED) is 0.604. The lowest BCUT2D eigenvalue weighted by atomic mass is 10.2. The van der Waals surface area contributed by atoms with Crippen LogP contribution in [0, 0.1) is 0 Å². The predicted octanol–water partition coefficient (Wildman–Crippen LogP) is 1.63. The molecule has 0 aromatic rings. The van der Waals surface area contributed by atoms with Crippen LogP contribution in [0.1, 0.15) is 39.0 Å². The van der Waals surface area contributed by atoms with E-state index >= 15 is 0 Å². The molecular weight excluding hydrogens is 176 g/mol. The molecular formula is C11H24N2O. The van der Waals surface area contributed by atoms with E-state index in [1.165, 1.54) is 0 Å². The van der Waals surface area contributed by atoms with Crippen molar-refractivity contribution in [3.8, 4) is 0 Å². The van der Waals surface area contributed by atoms with Gasteiger partial charge in [0.1, 0.15) is 0 Å². The van der Waals surface area contributed by atoms with Gasteiger partial charge in [0.2, 0.25) is 5.91 Å². The number of hydrogen-bond acceptors (Lipinski definition) is 2. The zero-order valence-electron chi connectivity index (χ0n) is 9.81. The van der Waals surface area contributed by atoms with Crippen LogP contribution in [0.5, 0.6) is 0 Å². The third-order valence-corrected chi connectivity index (χ3v) is 2.11. The first-order valence-electron chi connectivity index (χ1n) is 5.58. The van der Waals surface area contributed by atoms with E-state index in [2.05, 4.69) is 31.2 Å². The molecule has 0 spiro atoms. The largest absolute Gasteiger partial charge is 0.356 e. The van der Waals surface area contributed by atoms with E-state index in [0.717, 1.165) is 38.8 Å². The molecule has 0 aromatic heterocycles.